The maximum absolute atomic E-state index is 12.2. The predicted octanol–water partition coefficient (Wildman–Crippen LogP) is 1.27. The zero-order chi connectivity index (χ0) is 10.3. The lowest BCUT2D eigenvalue weighted by molar-refractivity contribution is -0.141. The number of rotatable bonds is 0. The molecule has 0 amide bonds. The largest absolute Gasteiger partial charge is 0.433 e. The normalized spacial score (nSPS) is 12.2. The molecule has 0 spiro atoms. The second-order valence-electron chi connectivity index (χ2n) is 2.69. The Morgan fingerprint density at radius 2 is 2.00 bits per heavy atom. The van der Waals surface area contributed by atoms with Crippen LogP contribution in [0.3, 0.4) is 0 Å². The van der Waals surface area contributed by atoms with Crippen LogP contribution in [0, 0.1) is 0 Å². The molecule has 14 heavy (non-hydrogen) atoms. The Labute approximate surface area is 74.8 Å². The molecule has 2 heterocycles. The van der Waals surface area contributed by atoms with Crippen LogP contribution in [0.4, 0.5) is 13.2 Å². The number of hydrogen-bond acceptors (Lipinski definition) is 2. The van der Waals surface area contributed by atoms with Crippen LogP contribution in [-0.2, 0) is 6.18 Å². The zero-order valence-corrected chi connectivity index (χ0v) is 6.64. The summed E-state index contributed by atoms with van der Waals surface area (Å²) in [5.74, 6) is 0. The predicted molar refractivity (Wildman–Crippen MR) is 41.7 cm³/mol. The van der Waals surface area contributed by atoms with Crippen molar-refractivity contribution in [2.24, 2.45) is 0 Å². The Bertz CT molecular complexity index is 525. The van der Waals surface area contributed by atoms with Crippen molar-refractivity contribution >= 4 is 10.9 Å². The standard InChI is InChI=1S/C7H4F3N3O/c8-7(9,10)5-1-4-3(2-11-5)6(14)13-12-4/h1-2H,(H2,12,13,14). The Morgan fingerprint density at radius 1 is 1.29 bits per heavy atom. The van der Waals surface area contributed by atoms with E-state index in [0.29, 0.717) is 0 Å². The van der Waals surface area contributed by atoms with Crippen LogP contribution in [-0.4, -0.2) is 15.2 Å². The van der Waals surface area contributed by atoms with E-state index in [0.717, 1.165) is 12.3 Å². The molecule has 7 heteroatoms. The van der Waals surface area contributed by atoms with Crippen molar-refractivity contribution in [2.45, 2.75) is 6.18 Å². The lowest BCUT2D eigenvalue weighted by atomic mass is 10.3. The van der Waals surface area contributed by atoms with E-state index in [1.165, 1.54) is 0 Å². The Balaban J connectivity index is 2.69. The number of halogens is 3. The number of H-pyrrole nitrogens is 2. The molecule has 0 saturated carbocycles. The number of nitrogens with zero attached hydrogens (tertiary/aromatic N) is 1. The van der Waals surface area contributed by atoms with Crippen LogP contribution in [0.25, 0.3) is 10.9 Å². The molecule has 0 saturated heterocycles. The minimum absolute atomic E-state index is 0.0947. The molecule has 2 N–H and O–H groups in total. The third-order valence-corrected chi connectivity index (χ3v) is 1.75. The van der Waals surface area contributed by atoms with Gasteiger partial charge in [0.1, 0.15) is 5.69 Å². The molecule has 0 radical (unpaired) electrons. The number of aromatic nitrogens is 3. The molecule has 2 aromatic heterocycles. The molecule has 0 atom stereocenters. The van der Waals surface area contributed by atoms with Gasteiger partial charge in [-0.2, -0.15) is 13.2 Å². The number of pyridine rings is 1. The first-order chi connectivity index (χ1) is 6.48. The van der Waals surface area contributed by atoms with E-state index >= 15 is 0 Å². The summed E-state index contributed by atoms with van der Waals surface area (Å²) in [6.07, 6.45) is -3.60. The van der Waals surface area contributed by atoms with E-state index in [-0.39, 0.29) is 10.9 Å². The van der Waals surface area contributed by atoms with Crippen molar-refractivity contribution in [2.75, 3.05) is 0 Å². The van der Waals surface area contributed by atoms with Gasteiger partial charge in [-0.1, -0.05) is 0 Å². The van der Waals surface area contributed by atoms with Gasteiger partial charge in [0.15, 0.2) is 0 Å². The molecular formula is C7H4F3N3O. The van der Waals surface area contributed by atoms with E-state index in [2.05, 4.69) is 15.2 Å². The monoisotopic (exact) mass is 203 g/mol. The quantitative estimate of drug-likeness (QED) is 0.677. The molecule has 0 bridgehead atoms. The summed E-state index contributed by atoms with van der Waals surface area (Å²) in [5, 5.41) is 4.60. The van der Waals surface area contributed by atoms with Crippen molar-refractivity contribution < 1.29 is 13.2 Å². The minimum atomic E-state index is -4.50. The van der Waals surface area contributed by atoms with E-state index in [1.807, 2.05) is 0 Å². The second-order valence-corrected chi connectivity index (χ2v) is 2.69. The third-order valence-electron chi connectivity index (χ3n) is 1.75. The fourth-order valence-electron chi connectivity index (χ4n) is 1.09. The van der Waals surface area contributed by atoms with Gasteiger partial charge in [-0.05, 0) is 6.07 Å². The highest BCUT2D eigenvalue weighted by atomic mass is 19.4. The summed E-state index contributed by atoms with van der Waals surface area (Å²) in [6.45, 7) is 0. The van der Waals surface area contributed by atoms with E-state index in [9.17, 15) is 18.0 Å². The molecule has 0 fully saturated rings. The molecule has 4 nitrogen and oxygen atoms in total. The smallest absolute Gasteiger partial charge is 0.297 e. The summed E-state index contributed by atoms with van der Waals surface area (Å²) < 4.78 is 36.5. The van der Waals surface area contributed by atoms with Crippen molar-refractivity contribution in [1.82, 2.24) is 15.2 Å². The van der Waals surface area contributed by atoms with Gasteiger partial charge in [0, 0.05) is 6.20 Å². The average Bonchev–Trinajstić information content (AvgIpc) is 2.46. The summed E-state index contributed by atoms with van der Waals surface area (Å²) in [6, 6.07) is 0.785. The van der Waals surface area contributed by atoms with Crippen LogP contribution < -0.4 is 5.56 Å². The number of nitrogens with one attached hydrogen (secondary N) is 2. The summed E-state index contributed by atoms with van der Waals surface area (Å²) in [5.41, 5.74) is -1.42. The molecule has 0 aliphatic heterocycles. The van der Waals surface area contributed by atoms with Crippen molar-refractivity contribution in [3.05, 3.63) is 28.3 Å². The molecule has 2 aromatic rings. The highest BCUT2D eigenvalue weighted by Gasteiger charge is 2.32. The Morgan fingerprint density at radius 3 is 2.64 bits per heavy atom. The van der Waals surface area contributed by atoms with Gasteiger partial charge < -0.3 is 0 Å². The molecule has 74 valence electrons. The first-order valence-electron chi connectivity index (χ1n) is 3.62. The summed E-state index contributed by atoms with van der Waals surface area (Å²) >= 11 is 0. The average molecular weight is 203 g/mol. The third kappa shape index (κ3) is 1.26. The van der Waals surface area contributed by atoms with Crippen molar-refractivity contribution in [3.63, 3.8) is 0 Å². The first-order valence-corrected chi connectivity index (χ1v) is 3.62. The van der Waals surface area contributed by atoms with Gasteiger partial charge in [0.05, 0.1) is 10.9 Å². The summed E-state index contributed by atoms with van der Waals surface area (Å²) in [7, 11) is 0. The van der Waals surface area contributed by atoms with Gasteiger partial charge in [0.2, 0.25) is 0 Å². The highest BCUT2D eigenvalue weighted by Crippen LogP contribution is 2.28. The van der Waals surface area contributed by atoms with Gasteiger partial charge in [0.25, 0.3) is 5.56 Å². The molecular weight excluding hydrogens is 199 g/mol. The highest BCUT2D eigenvalue weighted by molar-refractivity contribution is 5.76. The second kappa shape index (κ2) is 2.60. The van der Waals surface area contributed by atoms with E-state index < -0.39 is 17.4 Å². The number of hydrogen-bond donors (Lipinski definition) is 2. The van der Waals surface area contributed by atoms with Gasteiger partial charge in [-0.3, -0.25) is 20.0 Å². The lowest BCUT2D eigenvalue weighted by Crippen LogP contribution is -2.07. The van der Waals surface area contributed by atoms with Gasteiger partial charge in [-0.15, -0.1) is 0 Å². The van der Waals surface area contributed by atoms with Crippen LogP contribution in [0.1, 0.15) is 5.69 Å². The van der Waals surface area contributed by atoms with Gasteiger partial charge in [-0.25, -0.2) is 0 Å². The van der Waals surface area contributed by atoms with E-state index in [1.54, 1.807) is 0 Å². The maximum Gasteiger partial charge on any atom is 0.433 e. The maximum atomic E-state index is 12.2. The SMILES string of the molecule is O=c1[nH][nH]c2cc(C(F)(F)F)ncc12. The molecule has 0 aromatic carbocycles. The first kappa shape index (κ1) is 8.79. The lowest BCUT2D eigenvalue weighted by Gasteiger charge is -2.03. The Hall–Kier alpha value is -1.79. The van der Waals surface area contributed by atoms with Crippen LogP contribution in [0.15, 0.2) is 17.1 Å². The Kier molecular flexibility index (Phi) is 1.63. The molecule has 0 unspecified atom stereocenters. The van der Waals surface area contributed by atoms with Crippen molar-refractivity contribution in [1.29, 1.82) is 0 Å². The number of aromatic amines is 2. The fourth-order valence-corrected chi connectivity index (χ4v) is 1.09. The van der Waals surface area contributed by atoms with Gasteiger partial charge >= 0.3 is 6.18 Å². The molecule has 2 rings (SSSR count). The number of alkyl halides is 3. The molecule has 0 aliphatic rings. The van der Waals surface area contributed by atoms with Crippen LogP contribution >= 0.6 is 0 Å². The zero-order valence-electron chi connectivity index (χ0n) is 6.64. The molecule has 0 aliphatic carbocycles. The number of fused-ring (bicyclic) bond motifs is 1. The van der Waals surface area contributed by atoms with E-state index in [4.69, 9.17) is 0 Å². The fraction of sp³-hybridized carbons (Fsp3) is 0.143. The minimum Gasteiger partial charge on any atom is -0.297 e. The summed E-state index contributed by atoms with van der Waals surface area (Å²) in [4.78, 5) is 14.1. The topological polar surface area (TPSA) is 61.5 Å². The van der Waals surface area contributed by atoms with Crippen molar-refractivity contribution in [3.8, 4) is 0 Å². The van der Waals surface area contributed by atoms with Crippen LogP contribution in [0.2, 0.25) is 0 Å². The van der Waals surface area contributed by atoms with Crippen LogP contribution in [0.5, 0.6) is 0 Å².